The van der Waals surface area contributed by atoms with Crippen LogP contribution in [0.5, 0.6) is 5.88 Å². The van der Waals surface area contributed by atoms with Crippen LogP contribution >= 0.6 is 0 Å². The molecule has 7 heteroatoms. The minimum absolute atomic E-state index is 0.0363. The summed E-state index contributed by atoms with van der Waals surface area (Å²) in [4.78, 5) is 16.6. The van der Waals surface area contributed by atoms with E-state index in [1.165, 1.54) is 5.56 Å². The van der Waals surface area contributed by atoms with Crippen molar-refractivity contribution in [3.05, 3.63) is 70.5 Å². The van der Waals surface area contributed by atoms with Gasteiger partial charge in [0.2, 0.25) is 5.88 Å². The molecule has 3 heterocycles. The molecule has 0 bridgehead atoms. The van der Waals surface area contributed by atoms with E-state index < -0.39 is 0 Å². The first-order valence-electron chi connectivity index (χ1n) is 11.4. The standard InChI is InChI=1S/C26H29N5O2/c1-18(32)13-22(21-6-3-5-19(14-21)17-27)15-24-16-25(31(2)30-24)33-12-10-23-9-8-20-7-4-11-28-26(20)29-23/h3,5-6,8-9,14,16,22H,4,7,10-13,15H2,1-2H3,(H,28,29)/t22-/m1/s1. The molecule has 0 saturated heterocycles. The lowest BCUT2D eigenvalue weighted by Gasteiger charge is -2.17. The summed E-state index contributed by atoms with van der Waals surface area (Å²) in [5.41, 5.74) is 4.71. The van der Waals surface area contributed by atoms with Crippen LogP contribution in [0.15, 0.2) is 42.5 Å². The Labute approximate surface area is 194 Å². The van der Waals surface area contributed by atoms with Gasteiger partial charge >= 0.3 is 0 Å². The average Bonchev–Trinajstić information content (AvgIpc) is 3.17. The minimum Gasteiger partial charge on any atom is -0.477 e. The number of nitriles is 1. The Morgan fingerprint density at radius 3 is 2.97 bits per heavy atom. The number of carbonyl (C=O) groups excluding carboxylic acids is 1. The van der Waals surface area contributed by atoms with Gasteiger partial charge in [-0.05, 0) is 61.4 Å². The Bertz CT molecular complexity index is 1180. The number of nitrogens with zero attached hydrogens (tertiary/aromatic N) is 4. The molecule has 7 nitrogen and oxygen atoms in total. The third kappa shape index (κ3) is 5.78. The van der Waals surface area contributed by atoms with Gasteiger partial charge < -0.3 is 14.8 Å². The topological polar surface area (TPSA) is 92.8 Å². The molecule has 1 aromatic carbocycles. The number of ketones is 1. The number of ether oxygens (including phenoxy) is 1. The van der Waals surface area contributed by atoms with E-state index in [1.54, 1.807) is 17.7 Å². The molecule has 0 unspecified atom stereocenters. The predicted molar refractivity (Wildman–Crippen MR) is 126 cm³/mol. The van der Waals surface area contributed by atoms with E-state index in [0.717, 1.165) is 42.2 Å². The monoisotopic (exact) mass is 443 g/mol. The van der Waals surface area contributed by atoms with E-state index in [1.807, 2.05) is 31.3 Å². The van der Waals surface area contributed by atoms with Gasteiger partial charge in [0, 0.05) is 38.2 Å². The van der Waals surface area contributed by atoms with Crippen molar-refractivity contribution in [3.63, 3.8) is 0 Å². The minimum atomic E-state index is -0.0363. The van der Waals surface area contributed by atoms with Gasteiger partial charge in [0.05, 0.1) is 23.9 Å². The molecule has 1 atom stereocenters. The highest BCUT2D eigenvalue weighted by Crippen LogP contribution is 2.27. The van der Waals surface area contributed by atoms with Crippen LogP contribution in [0.3, 0.4) is 0 Å². The molecule has 1 aliphatic rings. The summed E-state index contributed by atoms with van der Waals surface area (Å²) in [6.45, 7) is 3.08. The summed E-state index contributed by atoms with van der Waals surface area (Å²) in [5, 5.41) is 17.2. The Morgan fingerprint density at radius 2 is 2.15 bits per heavy atom. The molecule has 0 amide bonds. The van der Waals surface area contributed by atoms with Gasteiger partial charge in [-0.25, -0.2) is 9.67 Å². The van der Waals surface area contributed by atoms with Gasteiger partial charge in [0.1, 0.15) is 11.6 Å². The first kappa shape index (κ1) is 22.5. The lowest BCUT2D eigenvalue weighted by atomic mass is 9.89. The third-order valence-corrected chi connectivity index (χ3v) is 5.92. The van der Waals surface area contributed by atoms with Crippen LogP contribution in [0.25, 0.3) is 0 Å². The third-order valence-electron chi connectivity index (χ3n) is 5.92. The number of pyridine rings is 1. The second kappa shape index (κ2) is 10.3. The first-order chi connectivity index (χ1) is 16.0. The lowest BCUT2D eigenvalue weighted by molar-refractivity contribution is -0.117. The van der Waals surface area contributed by atoms with E-state index in [-0.39, 0.29) is 11.7 Å². The average molecular weight is 444 g/mol. The highest BCUT2D eigenvalue weighted by molar-refractivity contribution is 5.76. The van der Waals surface area contributed by atoms with Crippen molar-refractivity contribution < 1.29 is 9.53 Å². The summed E-state index contributed by atoms with van der Waals surface area (Å²) in [5.74, 6) is 1.76. The Kier molecular flexibility index (Phi) is 7.04. The van der Waals surface area contributed by atoms with Crippen LogP contribution in [0.1, 0.15) is 53.8 Å². The Hall–Kier alpha value is -3.66. The largest absolute Gasteiger partial charge is 0.477 e. The summed E-state index contributed by atoms with van der Waals surface area (Å²) in [6, 6.07) is 15.8. The number of hydrogen-bond donors (Lipinski definition) is 1. The molecule has 0 aliphatic carbocycles. The van der Waals surface area contributed by atoms with Crippen molar-refractivity contribution >= 4 is 11.6 Å². The Balaban J connectivity index is 1.40. The van der Waals surface area contributed by atoms with Gasteiger partial charge in [-0.15, -0.1) is 0 Å². The fourth-order valence-corrected chi connectivity index (χ4v) is 4.28. The van der Waals surface area contributed by atoms with Crippen molar-refractivity contribution in [2.45, 2.75) is 44.9 Å². The molecule has 1 aliphatic heterocycles. The van der Waals surface area contributed by atoms with Gasteiger partial charge in [-0.1, -0.05) is 18.2 Å². The number of carbonyl (C=O) groups is 1. The number of Topliss-reactive ketones (excluding diaryl/α,β-unsaturated/α-hetero) is 1. The second-order valence-corrected chi connectivity index (χ2v) is 8.58. The van der Waals surface area contributed by atoms with Crippen molar-refractivity contribution in [3.8, 4) is 11.9 Å². The number of aryl methyl sites for hydroxylation is 2. The molecule has 0 radical (unpaired) electrons. The smallest absolute Gasteiger partial charge is 0.211 e. The number of rotatable bonds is 9. The summed E-state index contributed by atoms with van der Waals surface area (Å²) in [6.07, 6.45) is 3.94. The molecule has 0 fully saturated rings. The molecule has 0 spiro atoms. The number of anilines is 1. The van der Waals surface area contributed by atoms with Gasteiger partial charge in [-0.3, -0.25) is 0 Å². The number of hydrogen-bond acceptors (Lipinski definition) is 6. The molecule has 3 aromatic rings. The summed E-state index contributed by atoms with van der Waals surface area (Å²) in [7, 11) is 1.86. The fraction of sp³-hybridized carbons (Fsp3) is 0.385. The van der Waals surface area contributed by atoms with Crippen LogP contribution in [0, 0.1) is 11.3 Å². The molecular weight excluding hydrogens is 414 g/mol. The van der Waals surface area contributed by atoms with E-state index >= 15 is 0 Å². The lowest BCUT2D eigenvalue weighted by Crippen LogP contribution is -2.14. The van der Waals surface area contributed by atoms with Crippen LogP contribution < -0.4 is 10.1 Å². The van der Waals surface area contributed by atoms with Crippen molar-refractivity contribution in [2.75, 3.05) is 18.5 Å². The highest BCUT2D eigenvalue weighted by Gasteiger charge is 2.18. The number of benzene rings is 1. The SMILES string of the molecule is CC(=O)C[C@H](Cc1cc(OCCc2ccc3c(n2)NCCC3)n(C)n1)c1cccc(C#N)c1. The normalized spacial score (nSPS) is 13.5. The number of aromatic nitrogens is 3. The second-order valence-electron chi connectivity index (χ2n) is 8.58. The van der Waals surface area contributed by atoms with Crippen LogP contribution in [0.2, 0.25) is 0 Å². The maximum atomic E-state index is 11.9. The van der Waals surface area contributed by atoms with Crippen LogP contribution in [0.4, 0.5) is 5.82 Å². The fourth-order valence-electron chi connectivity index (χ4n) is 4.28. The zero-order valence-electron chi connectivity index (χ0n) is 19.2. The quantitative estimate of drug-likeness (QED) is 0.538. The summed E-state index contributed by atoms with van der Waals surface area (Å²) < 4.78 is 7.73. The Morgan fingerprint density at radius 1 is 1.27 bits per heavy atom. The molecule has 1 N–H and O–H groups in total. The van der Waals surface area contributed by atoms with Crippen molar-refractivity contribution in [2.24, 2.45) is 7.05 Å². The molecule has 4 rings (SSSR count). The molecular formula is C26H29N5O2. The van der Waals surface area contributed by atoms with Crippen LogP contribution in [-0.2, 0) is 31.1 Å². The van der Waals surface area contributed by atoms with E-state index in [0.29, 0.717) is 37.3 Å². The van der Waals surface area contributed by atoms with E-state index in [4.69, 9.17) is 9.72 Å². The maximum Gasteiger partial charge on any atom is 0.211 e. The zero-order valence-corrected chi connectivity index (χ0v) is 19.2. The molecule has 0 saturated carbocycles. The van der Waals surface area contributed by atoms with Crippen molar-refractivity contribution in [1.82, 2.24) is 14.8 Å². The molecule has 33 heavy (non-hydrogen) atoms. The predicted octanol–water partition coefficient (Wildman–Crippen LogP) is 3.97. The highest BCUT2D eigenvalue weighted by atomic mass is 16.5. The maximum absolute atomic E-state index is 11.9. The summed E-state index contributed by atoms with van der Waals surface area (Å²) >= 11 is 0. The first-order valence-corrected chi connectivity index (χ1v) is 11.4. The van der Waals surface area contributed by atoms with Gasteiger partial charge in [-0.2, -0.15) is 10.4 Å². The number of nitrogens with one attached hydrogen (secondary N) is 1. The zero-order chi connectivity index (χ0) is 23.2. The molecule has 2 aromatic heterocycles. The van der Waals surface area contributed by atoms with Crippen molar-refractivity contribution in [1.29, 1.82) is 5.26 Å². The number of fused-ring (bicyclic) bond motifs is 1. The van der Waals surface area contributed by atoms with Crippen LogP contribution in [-0.4, -0.2) is 33.7 Å². The van der Waals surface area contributed by atoms with E-state index in [2.05, 4.69) is 28.6 Å². The molecule has 170 valence electrons. The van der Waals surface area contributed by atoms with Gasteiger partial charge in [0.15, 0.2) is 0 Å². The van der Waals surface area contributed by atoms with E-state index in [9.17, 15) is 10.1 Å². The van der Waals surface area contributed by atoms with Gasteiger partial charge in [0.25, 0.3) is 0 Å².